The molecule has 0 aromatic heterocycles. The Bertz CT molecular complexity index is 335. The molecule has 2 aliphatic rings. The van der Waals surface area contributed by atoms with Crippen LogP contribution in [0, 0.1) is 5.41 Å². The summed E-state index contributed by atoms with van der Waals surface area (Å²) in [7, 11) is 0. The van der Waals surface area contributed by atoms with E-state index in [1.54, 1.807) is 0 Å². The van der Waals surface area contributed by atoms with Crippen molar-refractivity contribution in [1.29, 1.82) is 5.41 Å². The second kappa shape index (κ2) is 2.30. The Labute approximate surface area is 73.1 Å². The van der Waals surface area contributed by atoms with Crippen molar-refractivity contribution >= 4 is 11.6 Å². The highest BCUT2D eigenvalue weighted by atomic mass is 16.6. The fourth-order valence-corrected chi connectivity index (χ4v) is 1.44. The average Bonchev–Trinajstić information content (AvgIpc) is 2.79. The van der Waals surface area contributed by atoms with Gasteiger partial charge >= 0.3 is 0 Å². The first-order chi connectivity index (χ1) is 6.04. The summed E-state index contributed by atoms with van der Waals surface area (Å²) >= 11 is 0. The molecule has 1 amide bonds. The Morgan fingerprint density at radius 3 is 2.77 bits per heavy atom. The molecule has 0 aromatic carbocycles. The number of amides is 1. The maximum Gasteiger partial charge on any atom is 0.254 e. The third-order valence-corrected chi connectivity index (χ3v) is 2.17. The lowest BCUT2D eigenvalue weighted by Crippen LogP contribution is -2.38. The maximum absolute atomic E-state index is 10.8. The number of epoxide rings is 1. The lowest BCUT2D eigenvalue weighted by Gasteiger charge is -2.16. The zero-order chi connectivity index (χ0) is 9.75. The highest BCUT2D eigenvalue weighted by molar-refractivity contribution is 6.23. The van der Waals surface area contributed by atoms with Gasteiger partial charge in [-0.3, -0.25) is 4.79 Å². The Hall–Kier alpha value is -1.40. The largest absolute Gasteiger partial charge is 0.509 e. The molecule has 13 heavy (non-hydrogen) atoms. The maximum atomic E-state index is 10.8. The monoisotopic (exact) mass is 184 g/mol. The molecule has 1 heterocycles. The van der Waals surface area contributed by atoms with Crippen LogP contribution in [0.1, 0.15) is 0 Å². The summed E-state index contributed by atoms with van der Waals surface area (Å²) < 4.78 is 4.85. The molecule has 2 rings (SSSR count). The van der Waals surface area contributed by atoms with Crippen molar-refractivity contribution < 1.29 is 19.7 Å². The molecular formula is C7H8N2O4. The van der Waals surface area contributed by atoms with Gasteiger partial charge < -0.3 is 26.1 Å². The summed E-state index contributed by atoms with van der Waals surface area (Å²) in [6.45, 7) is 0. The SMILES string of the molecule is N=C1C(C(N)=O)=C(O)C2OC2C1O. The molecule has 0 bridgehead atoms. The zero-order valence-electron chi connectivity index (χ0n) is 6.52. The van der Waals surface area contributed by atoms with Gasteiger partial charge in [0.1, 0.15) is 29.6 Å². The van der Waals surface area contributed by atoms with E-state index in [1.807, 2.05) is 0 Å². The van der Waals surface area contributed by atoms with Gasteiger partial charge in [-0.1, -0.05) is 0 Å². The minimum atomic E-state index is -1.16. The van der Waals surface area contributed by atoms with Crippen LogP contribution in [0.2, 0.25) is 0 Å². The Kier molecular flexibility index (Phi) is 1.45. The van der Waals surface area contributed by atoms with E-state index < -0.39 is 24.2 Å². The second-order valence-electron chi connectivity index (χ2n) is 3.00. The van der Waals surface area contributed by atoms with Crippen molar-refractivity contribution in [2.45, 2.75) is 18.3 Å². The van der Waals surface area contributed by atoms with Crippen LogP contribution in [-0.2, 0) is 9.53 Å². The molecule has 6 nitrogen and oxygen atoms in total. The third kappa shape index (κ3) is 0.958. The van der Waals surface area contributed by atoms with Crippen LogP contribution in [-0.4, -0.2) is 40.1 Å². The number of primary amides is 1. The van der Waals surface area contributed by atoms with Crippen molar-refractivity contribution in [3.05, 3.63) is 11.3 Å². The average molecular weight is 184 g/mol. The summed E-state index contributed by atoms with van der Waals surface area (Å²) in [5.41, 5.74) is 4.23. The normalized spacial score (nSPS) is 37.3. The molecular weight excluding hydrogens is 176 g/mol. The molecule has 1 fully saturated rings. The number of ether oxygens (including phenoxy) is 1. The summed E-state index contributed by atoms with van der Waals surface area (Å²) in [6, 6.07) is 0. The van der Waals surface area contributed by atoms with E-state index in [0.717, 1.165) is 0 Å². The molecule has 1 saturated heterocycles. The van der Waals surface area contributed by atoms with Crippen LogP contribution in [0.25, 0.3) is 0 Å². The van der Waals surface area contributed by atoms with Crippen LogP contribution >= 0.6 is 0 Å². The predicted molar refractivity (Wildman–Crippen MR) is 41.2 cm³/mol. The van der Waals surface area contributed by atoms with E-state index in [0.29, 0.717) is 0 Å². The molecule has 1 aliphatic heterocycles. The lowest BCUT2D eigenvalue weighted by molar-refractivity contribution is -0.114. The number of carbonyl (C=O) groups excluding carboxylic acids is 1. The van der Waals surface area contributed by atoms with Gasteiger partial charge in [-0.2, -0.15) is 0 Å². The number of hydrogen-bond donors (Lipinski definition) is 4. The Balaban J connectivity index is 2.45. The fourth-order valence-electron chi connectivity index (χ4n) is 1.44. The minimum absolute atomic E-state index is 0.328. The second-order valence-corrected chi connectivity index (χ2v) is 3.00. The van der Waals surface area contributed by atoms with Crippen LogP contribution in [0.5, 0.6) is 0 Å². The van der Waals surface area contributed by atoms with Crippen LogP contribution < -0.4 is 5.73 Å². The van der Waals surface area contributed by atoms with Crippen molar-refractivity contribution in [3.63, 3.8) is 0 Å². The van der Waals surface area contributed by atoms with E-state index in [4.69, 9.17) is 15.9 Å². The number of rotatable bonds is 1. The van der Waals surface area contributed by atoms with Crippen molar-refractivity contribution in [3.8, 4) is 0 Å². The Morgan fingerprint density at radius 1 is 1.62 bits per heavy atom. The fraction of sp³-hybridized carbons (Fsp3) is 0.429. The number of aliphatic hydroxyl groups excluding tert-OH is 2. The van der Waals surface area contributed by atoms with Gasteiger partial charge in [-0.15, -0.1) is 0 Å². The first-order valence-electron chi connectivity index (χ1n) is 3.69. The number of nitrogens with one attached hydrogen (secondary N) is 1. The van der Waals surface area contributed by atoms with Gasteiger partial charge in [-0.25, -0.2) is 0 Å². The molecule has 70 valence electrons. The van der Waals surface area contributed by atoms with Gasteiger partial charge in [0.05, 0.1) is 5.71 Å². The number of fused-ring (bicyclic) bond motifs is 1. The van der Waals surface area contributed by atoms with Gasteiger partial charge in [0.25, 0.3) is 5.91 Å². The molecule has 0 spiro atoms. The molecule has 0 radical (unpaired) electrons. The van der Waals surface area contributed by atoms with Gasteiger partial charge in [0.15, 0.2) is 0 Å². The molecule has 3 unspecified atom stereocenters. The molecule has 0 aromatic rings. The molecule has 6 heteroatoms. The summed E-state index contributed by atoms with van der Waals surface area (Å²) in [6.07, 6.45) is -2.41. The minimum Gasteiger partial charge on any atom is -0.509 e. The number of nitrogens with two attached hydrogens (primary N) is 1. The first kappa shape index (κ1) is 8.21. The first-order valence-corrected chi connectivity index (χ1v) is 3.69. The van der Waals surface area contributed by atoms with Crippen LogP contribution in [0.15, 0.2) is 11.3 Å². The summed E-state index contributed by atoms with van der Waals surface area (Å²) in [5.74, 6) is -1.26. The van der Waals surface area contributed by atoms with Gasteiger partial charge in [0.2, 0.25) is 0 Å². The van der Waals surface area contributed by atoms with Gasteiger partial charge in [-0.05, 0) is 0 Å². The van der Waals surface area contributed by atoms with E-state index >= 15 is 0 Å². The molecule has 0 saturated carbocycles. The van der Waals surface area contributed by atoms with Crippen LogP contribution in [0.3, 0.4) is 0 Å². The summed E-state index contributed by atoms with van der Waals surface area (Å²) in [5, 5.41) is 26.0. The van der Waals surface area contributed by atoms with Crippen molar-refractivity contribution in [1.82, 2.24) is 0 Å². The van der Waals surface area contributed by atoms with Crippen molar-refractivity contribution in [2.75, 3.05) is 0 Å². The lowest BCUT2D eigenvalue weighted by atomic mass is 9.93. The molecule has 1 aliphatic carbocycles. The quantitative estimate of drug-likeness (QED) is 0.368. The molecule has 3 atom stereocenters. The predicted octanol–water partition coefficient (Wildman–Crippen LogP) is -1.55. The van der Waals surface area contributed by atoms with Gasteiger partial charge in [0, 0.05) is 0 Å². The number of hydrogen-bond acceptors (Lipinski definition) is 5. The zero-order valence-corrected chi connectivity index (χ0v) is 6.52. The standard InChI is InChI=1S/C7H8N2O4/c8-2-1(7(9)12)3(10)5-6(13-5)4(2)11/h4-6,8,10-11H,(H2,9,12). The highest BCUT2D eigenvalue weighted by Gasteiger charge is 2.55. The Morgan fingerprint density at radius 2 is 2.23 bits per heavy atom. The number of carbonyl (C=O) groups is 1. The molecule has 5 N–H and O–H groups in total. The van der Waals surface area contributed by atoms with E-state index in [1.165, 1.54) is 0 Å². The topological polar surface area (TPSA) is 120 Å². The van der Waals surface area contributed by atoms with E-state index in [9.17, 15) is 15.0 Å². The van der Waals surface area contributed by atoms with Crippen molar-refractivity contribution in [2.24, 2.45) is 5.73 Å². The van der Waals surface area contributed by atoms with E-state index in [2.05, 4.69) is 0 Å². The highest BCUT2D eigenvalue weighted by Crippen LogP contribution is 2.37. The third-order valence-electron chi connectivity index (χ3n) is 2.17. The van der Waals surface area contributed by atoms with E-state index in [-0.39, 0.29) is 17.0 Å². The smallest absolute Gasteiger partial charge is 0.254 e. The number of aliphatic hydroxyl groups is 2. The summed E-state index contributed by atoms with van der Waals surface area (Å²) in [4.78, 5) is 10.8. The van der Waals surface area contributed by atoms with Crippen LogP contribution in [0.4, 0.5) is 0 Å².